The molecule has 6 heteroatoms. The Hall–Kier alpha value is -2.82. The van der Waals surface area contributed by atoms with Gasteiger partial charge in [-0.25, -0.2) is 0 Å². The zero-order valence-corrected chi connectivity index (χ0v) is 21.7. The van der Waals surface area contributed by atoms with E-state index >= 15 is 0 Å². The zero-order chi connectivity index (χ0) is 25.2. The van der Waals surface area contributed by atoms with Gasteiger partial charge >= 0.3 is 0 Å². The van der Waals surface area contributed by atoms with Gasteiger partial charge in [0.15, 0.2) is 0 Å². The molecule has 0 aliphatic rings. The minimum atomic E-state index is -0.679. The average Bonchev–Trinajstić information content (AvgIpc) is 2.87. The lowest BCUT2D eigenvalue weighted by molar-refractivity contribution is -0.141. The molecule has 3 aromatic rings. The summed E-state index contributed by atoms with van der Waals surface area (Å²) in [6.45, 7) is 4.21. The van der Waals surface area contributed by atoms with Gasteiger partial charge in [-0.3, -0.25) is 9.59 Å². The molecule has 3 aromatic carbocycles. The first-order chi connectivity index (χ1) is 16.9. The third-order valence-electron chi connectivity index (χ3n) is 6.10. The standard InChI is InChI=1S/C29H32Cl2N2O2/c1-3-21(2)32-29(35)27(18-23-12-8-5-9-13-23)33(20-24-15-16-25(30)19-26(24)31)28(34)17-14-22-10-6-4-7-11-22/h4-13,15-16,19,21,27H,3,14,17-18,20H2,1-2H3,(H,32,35)/t21-,27-/m0/s1. The average molecular weight is 511 g/mol. The lowest BCUT2D eigenvalue weighted by Crippen LogP contribution is -2.52. The van der Waals surface area contributed by atoms with E-state index in [0.717, 1.165) is 23.1 Å². The molecule has 0 saturated carbocycles. The molecule has 0 saturated heterocycles. The second-order valence-corrected chi connectivity index (χ2v) is 9.61. The number of nitrogens with one attached hydrogen (secondary N) is 1. The number of halogens is 2. The van der Waals surface area contributed by atoms with E-state index in [1.807, 2.05) is 80.6 Å². The van der Waals surface area contributed by atoms with Gasteiger partial charge in [0.25, 0.3) is 0 Å². The third-order valence-corrected chi connectivity index (χ3v) is 6.69. The second kappa shape index (κ2) is 13.3. The van der Waals surface area contributed by atoms with E-state index in [4.69, 9.17) is 23.2 Å². The molecule has 0 aliphatic carbocycles. The van der Waals surface area contributed by atoms with Gasteiger partial charge in [0.1, 0.15) is 6.04 Å². The van der Waals surface area contributed by atoms with Crippen molar-refractivity contribution in [1.82, 2.24) is 10.2 Å². The first-order valence-electron chi connectivity index (χ1n) is 12.0. The molecule has 2 amide bonds. The molecule has 1 N–H and O–H groups in total. The van der Waals surface area contributed by atoms with Gasteiger partial charge in [-0.15, -0.1) is 0 Å². The molecule has 184 valence electrons. The van der Waals surface area contributed by atoms with Crippen LogP contribution in [-0.4, -0.2) is 28.8 Å². The summed E-state index contributed by atoms with van der Waals surface area (Å²) in [7, 11) is 0. The fourth-order valence-corrected chi connectivity index (χ4v) is 4.34. The molecule has 2 atom stereocenters. The highest BCUT2D eigenvalue weighted by molar-refractivity contribution is 6.35. The largest absolute Gasteiger partial charge is 0.352 e. The van der Waals surface area contributed by atoms with Gasteiger partial charge < -0.3 is 10.2 Å². The van der Waals surface area contributed by atoms with Crippen molar-refractivity contribution in [3.8, 4) is 0 Å². The highest BCUT2D eigenvalue weighted by Crippen LogP contribution is 2.25. The van der Waals surface area contributed by atoms with Crippen LogP contribution >= 0.6 is 23.2 Å². The van der Waals surface area contributed by atoms with Crippen LogP contribution in [0.25, 0.3) is 0 Å². The van der Waals surface area contributed by atoms with E-state index in [-0.39, 0.29) is 30.8 Å². The van der Waals surface area contributed by atoms with Crippen LogP contribution in [0.5, 0.6) is 0 Å². The fourth-order valence-electron chi connectivity index (χ4n) is 3.87. The highest BCUT2D eigenvalue weighted by Gasteiger charge is 2.31. The Morgan fingerprint density at radius 3 is 2.14 bits per heavy atom. The molecule has 0 heterocycles. The van der Waals surface area contributed by atoms with Crippen molar-refractivity contribution in [1.29, 1.82) is 0 Å². The molecule has 0 radical (unpaired) electrons. The Labute approximate surface area is 218 Å². The van der Waals surface area contributed by atoms with Crippen LogP contribution in [-0.2, 0) is 29.0 Å². The molecule has 3 rings (SSSR count). The van der Waals surface area contributed by atoms with Crippen LogP contribution in [0.2, 0.25) is 10.0 Å². The lowest BCUT2D eigenvalue weighted by atomic mass is 10.0. The monoisotopic (exact) mass is 510 g/mol. The molecule has 0 unspecified atom stereocenters. The van der Waals surface area contributed by atoms with Crippen LogP contribution in [0.3, 0.4) is 0 Å². The van der Waals surface area contributed by atoms with Crippen LogP contribution in [0.1, 0.15) is 43.4 Å². The summed E-state index contributed by atoms with van der Waals surface area (Å²) >= 11 is 12.6. The number of rotatable bonds is 11. The molecule has 4 nitrogen and oxygen atoms in total. The van der Waals surface area contributed by atoms with Crippen molar-refractivity contribution in [2.24, 2.45) is 0 Å². The molecular weight excluding hydrogens is 479 g/mol. The molecule has 0 spiro atoms. The van der Waals surface area contributed by atoms with Gasteiger partial charge in [-0.1, -0.05) is 96.9 Å². The van der Waals surface area contributed by atoms with Crippen LogP contribution in [0.4, 0.5) is 0 Å². The number of hydrogen-bond acceptors (Lipinski definition) is 2. The number of carbonyl (C=O) groups excluding carboxylic acids is 2. The number of aryl methyl sites for hydroxylation is 1. The molecule has 35 heavy (non-hydrogen) atoms. The van der Waals surface area contributed by atoms with Crippen molar-refractivity contribution in [2.75, 3.05) is 0 Å². The maximum Gasteiger partial charge on any atom is 0.243 e. The Balaban J connectivity index is 1.94. The van der Waals surface area contributed by atoms with E-state index in [0.29, 0.717) is 22.9 Å². The van der Waals surface area contributed by atoms with Gasteiger partial charge in [0.05, 0.1) is 0 Å². The van der Waals surface area contributed by atoms with E-state index in [2.05, 4.69) is 5.32 Å². The molecule has 0 aliphatic heterocycles. The van der Waals surface area contributed by atoms with E-state index < -0.39 is 6.04 Å². The van der Waals surface area contributed by atoms with Crippen molar-refractivity contribution in [3.05, 3.63) is 106 Å². The topological polar surface area (TPSA) is 49.4 Å². The predicted octanol–water partition coefficient (Wildman–Crippen LogP) is 6.48. The lowest BCUT2D eigenvalue weighted by Gasteiger charge is -2.32. The normalized spacial score (nSPS) is 12.6. The van der Waals surface area contributed by atoms with Gasteiger partial charge in [0.2, 0.25) is 11.8 Å². The van der Waals surface area contributed by atoms with E-state index in [1.54, 1.807) is 17.0 Å². The summed E-state index contributed by atoms with van der Waals surface area (Å²) in [5.41, 5.74) is 2.81. The summed E-state index contributed by atoms with van der Waals surface area (Å²) < 4.78 is 0. The molecule has 0 bridgehead atoms. The summed E-state index contributed by atoms with van der Waals surface area (Å²) in [4.78, 5) is 28.8. The first-order valence-corrected chi connectivity index (χ1v) is 12.7. The molecule has 0 aromatic heterocycles. The van der Waals surface area contributed by atoms with Gasteiger partial charge in [0, 0.05) is 35.5 Å². The van der Waals surface area contributed by atoms with Gasteiger partial charge in [-0.05, 0) is 48.6 Å². The number of amides is 2. The first kappa shape index (κ1) is 26.8. The SMILES string of the molecule is CC[C@H](C)NC(=O)[C@H](Cc1ccccc1)N(Cc1ccc(Cl)cc1Cl)C(=O)CCc1ccccc1. The minimum absolute atomic E-state index is 0.00108. The Morgan fingerprint density at radius 2 is 1.54 bits per heavy atom. The van der Waals surface area contributed by atoms with Crippen molar-refractivity contribution < 1.29 is 9.59 Å². The quantitative estimate of drug-likeness (QED) is 0.320. The highest BCUT2D eigenvalue weighted by atomic mass is 35.5. The Kier molecular flexibility index (Phi) is 10.2. The van der Waals surface area contributed by atoms with E-state index in [1.165, 1.54) is 0 Å². The van der Waals surface area contributed by atoms with Crippen LogP contribution in [0, 0.1) is 0 Å². The predicted molar refractivity (Wildman–Crippen MR) is 144 cm³/mol. The minimum Gasteiger partial charge on any atom is -0.352 e. The summed E-state index contributed by atoms with van der Waals surface area (Å²) in [6.07, 6.45) is 2.09. The molecular formula is C29H32Cl2N2O2. The maximum absolute atomic E-state index is 13.7. The van der Waals surface area contributed by atoms with Crippen molar-refractivity contribution in [2.45, 2.75) is 58.2 Å². The van der Waals surface area contributed by atoms with Crippen molar-refractivity contribution >= 4 is 35.0 Å². The van der Waals surface area contributed by atoms with E-state index in [9.17, 15) is 9.59 Å². The number of carbonyl (C=O) groups is 2. The number of benzene rings is 3. The Bertz CT molecular complexity index is 1110. The smallest absolute Gasteiger partial charge is 0.243 e. The fraction of sp³-hybridized carbons (Fsp3) is 0.310. The second-order valence-electron chi connectivity index (χ2n) is 8.77. The Morgan fingerprint density at radius 1 is 0.914 bits per heavy atom. The van der Waals surface area contributed by atoms with Crippen LogP contribution < -0.4 is 5.32 Å². The summed E-state index contributed by atoms with van der Waals surface area (Å²) in [5, 5.41) is 4.08. The summed E-state index contributed by atoms with van der Waals surface area (Å²) in [6, 6.07) is 24.2. The number of hydrogen-bond donors (Lipinski definition) is 1. The summed E-state index contributed by atoms with van der Waals surface area (Å²) in [5.74, 6) is -0.263. The molecule has 0 fully saturated rings. The number of nitrogens with zero attached hydrogens (tertiary/aromatic N) is 1. The zero-order valence-electron chi connectivity index (χ0n) is 20.2. The maximum atomic E-state index is 13.7. The van der Waals surface area contributed by atoms with Crippen molar-refractivity contribution in [3.63, 3.8) is 0 Å². The third kappa shape index (κ3) is 8.12. The van der Waals surface area contributed by atoms with Crippen LogP contribution in [0.15, 0.2) is 78.9 Å². The van der Waals surface area contributed by atoms with Gasteiger partial charge in [-0.2, -0.15) is 0 Å².